The lowest BCUT2D eigenvalue weighted by Gasteiger charge is -2.06. The molecule has 0 aromatic carbocycles. The van der Waals surface area contributed by atoms with E-state index in [2.05, 4.69) is 20.0 Å². The fraction of sp³-hybridized carbons (Fsp3) is 0.556. The van der Waals surface area contributed by atoms with E-state index in [-0.39, 0.29) is 12.5 Å². The van der Waals surface area contributed by atoms with Crippen molar-refractivity contribution in [3.05, 3.63) is 12.2 Å². The number of hydrogen-bond acceptors (Lipinski definition) is 5. The smallest absolute Gasteiger partial charge is 0.237 e. The predicted molar refractivity (Wildman–Crippen MR) is 50.2 cm³/mol. The van der Waals surface area contributed by atoms with Gasteiger partial charge in [0.15, 0.2) is 5.82 Å². The second-order valence-electron chi connectivity index (χ2n) is 3.04. The van der Waals surface area contributed by atoms with E-state index in [1.165, 1.54) is 6.39 Å². The molecule has 80 valence electrons. The minimum absolute atomic E-state index is 0.192. The van der Waals surface area contributed by atoms with Crippen LogP contribution in [0.15, 0.2) is 10.9 Å². The molecule has 1 aromatic rings. The summed E-state index contributed by atoms with van der Waals surface area (Å²) in [5.41, 5.74) is 0. The molecule has 1 unspecified atom stereocenters. The summed E-state index contributed by atoms with van der Waals surface area (Å²) in [7, 11) is 0. The lowest BCUT2D eigenvalue weighted by Crippen LogP contribution is -2.29. The quantitative estimate of drug-likeness (QED) is 0.766. The number of rotatable bonds is 5. The molecule has 0 aliphatic heterocycles. The maximum absolute atomic E-state index is 11.4. The van der Waals surface area contributed by atoms with Crippen LogP contribution in [0.5, 0.6) is 0 Å². The van der Waals surface area contributed by atoms with E-state index in [1.54, 1.807) is 0 Å². The van der Waals surface area contributed by atoms with Crippen molar-refractivity contribution < 1.29 is 9.32 Å². The van der Waals surface area contributed by atoms with E-state index in [0.29, 0.717) is 12.2 Å². The Morgan fingerprint density at radius 3 is 3.13 bits per heavy atom. The third kappa shape index (κ3) is 3.38. The van der Waals surface area contributed by atoms with Gasteiger partial charge < -0.3 is 9.84 Å². The molecular formula is C9H12N4O2. The van der Waals surface area contributed by atoms with Crippen LogP contribution in [0.25, 0.3) is 0 Å². The van der Waals surface area contributed by atoms with E-state index >= 15 is 0 Å². The van der Waals surface area contributed by atoms with Gasteiger partial charge in [-0.25, -0.2) is 0 Å². The summed E-state index contributed by atoms with van der Waals surface area (Å²) in [4.78, 5) is 15.2. The first kappa shape index (κ1) is 11.2. The van der Waals surface area contributed by atoms with Gasteiger partial charge in [-0.3, -0.25) is 4.79 Å². The number of nitrogens with zero attached hydrogens (tertiary/aromatic N) is 3. The molecule has 0 fully saturated rings. The Morgan fingerprint density at radius 1 is 1.80 bits per heavy atom. The maximum Gasteiger partial charge on any atom is 0.237 e. The first-order valence-electron chi connectivity index (χ1n) is 4.70. The van der Waals surface area contributed by atoms with Crippen LogP contribution in [0.2, 0.25) is 0 Å². The van der Waals surface area contributed by atoms with Crippen molar-refractivity contribution >= 4 is 5.91 Å². The zero-order valence-corrected chi connectivity index (χ0v) is 8.43. The third-order valence-electron chi connectivity index (χ3n) is 1.88. The molecule has 6 nitrogen and oxygen atoms in total. The van der Waals surface area contributed by atoms with Crippen molar-refractivity contribution in [2.45, 2.75) is 26.3 Å². The summed E-state index contributed by atoms with van der Waals surface area (Å²) in [6.45, 7) is 2.12. The lowest BCUT2D eigenvalue weighted by molar-refractivity contribution is -0.123. The Morgan fingerprint density at radius 2 is 2.60 bits per heavy atom. The number of nitrogens with one attached hydrogen (secondary N) is 1. The van der Waals surface area contributed by atoms with Crippen LogP contribution in [0, 0.1) is 17.2 Å². The largest absolute Gasteiger partial charge is 0.348 e. The molecule has 1 atom stereocenters. The SMILES string of the molecule is CCCC(C#N)C(=O)NCc1ncon1. The predicted octanol–water partition coefficient (Wildman–Crippen LogP) is 0.626. The highest BCUT2D eigenvalue weighted by atomic mass is 16.5. The number of hydrogen-bond donors (Lipinski definition) is 1. The van der Waals surface area contributed by atoms with Gasteiger partial charge in [-0.05, 0) is 6.42 Å². The Hall–Kier alpha value is -1.90. The zero-order valence-electron chi connectivity index (χ0n) is 8.43. The maximum atomic E-state index is 11.4. The van der Waals surface area contributed by atoms with Gasteiger partial charge in [0.1, 0.15) is 5.92 Å². The van der Waals surface area contributed by atoms with Gasteiger partial charge in [0.25, 0.3) is 0 Å². The Balaban J connectivity index is 2.38. The Kier molecular flexibility index (Phi) is 4.29. The highest BCUT2D eigenvalue weighted by Gasteiger charge is 2.16. The molecule has 1 N–H and O–H groups in total. The van der Waals surface area contributed by atoms with Crippen molar-refractivity contribution in [2.75, 3.05) is 0 Å². The summed E-state index contributed by atoms with van der Waals surface area (Å²) in [5.74, 6) is -0.484. The van der Waals surface area contributed by atoms with E-state index in [0.717, 1.165) is 6.42 Å². The van der Waals surface area contributed by atoms with E-state index in [1.807, 2.05) is 13.0 Å². The molecule has 0 saturated carbocycles. The van der Waals surface area contributed by atoms with E-state index in [9.17, 15) is 4.79 Å². The number of amides is 1. The van der Waals surface area contributed by atoms with Gasteiger partial charge in [-0.2, -0.15) is 10.2 Å². The van der Waals surface area contributed by atoms with Gasteiger partial charge in [-0.1, -0.05) is 18.5 Å². The fourth-order valence-electron chi connectivity index (χ4n) is 1.10. The standard InChI is InChI=1S/C9H12N4O2/c1-2-3-7(4-10)9(14)11-5-8-12-6-15-13-8/h6-7H,2-3,5H2,1H3,(H,11,14). The molecule has 0 aliphatic carbocycles. The first-order valence-corrected chi connectivity index (χ1v) is 4.70. The summed E-state index contributed by atoms with van der Waals surface area (Å²) in [6.07, 6.45) is 2.55. The second kappa shape index (κ2) is 5.75. The summed E-state index contributed by atoms with van der Waals surface area (Å²) in [5, 5.41) is 14.8. The Bertz CT molecular complexity index is 341. The second-order valence-corrected chi connectivity index (χ2v) is 3.04. The molecule has 0 radical (unpaired) electrons. The molecule has 1 amide bonds. The van der Waals surface area contributed by atoms with Gasteiger partial charge >= 0.3 is 0 Å². The molecule has 15 heavy (non-hydrogen) atoms. The molecular weight excluding hydrogens is 196 g/mol. The number of nitriles is 1. The van der Waals surface area contributed by atoms with Crippen LogP contribution in [0.3, 0.4) is 0 Å². The van der Waals surface area contributed by atoms with Crippen molar-refractivity contribution in [1.82, 2.24) is 15.5 Å². The molecule has 0 saturated heterocycles. The highest BCUT2D eigenvalue weighted by molar-refractivity contribution is 5.80. The average molecular weight is 208 g/mol. The van der Waals surface area contributed by atoms with Crippen molar-refractivity contribution in [3.8, 4) is 6.07 Å². The van der Waals surface area contributed by atoms with Crippen molar-refractivity contribution in [3.63, 3.8) is 0 Å². The monoisotopic (exact) mass is 208 g/mol. The summed E-state index contributed by atoms with van der Waals surface area (Å²) < 4.78 is 4.50. The van der Waals surface area contributed by atoms with Crippen LogP contribution in [-0.2, 0) is 11.3 Å². The van der Waals surface area contributed by atoms with E-state index in [4.69, 9.17) is 5.26 Å². The molecule has 1 rings (SSSR count). The molecule has 0 spiro atoms. The van der Waals surface area contributed by atoms with E-state index < -0.39 is 5.92 Å². The molecule has 6 heteroatoms. The van der Waals surface area contributed by atoms with Crippen LogP contribution < -0.4 is 5.32 Å². The molecule has 1 heterocycles. The Labute approximate surface area is 87.3 Å². The third-order valence-corrected chi connectivity index (χ3v) is 1.88. The summed E-state index contributed by atoms with van der Waals surface area (Å²) >= 11 is 0. The van der Waals surface area contributed by atoms with Crippen LogP contribution in [-0.4, -0.2) is 16.0 Å². The molecule has 0 bridgehead atoms. The topological polar surface area (TPSA) is 91.8 Å². The van der Waals surface area contributed by atoms with Crippen molar-refractivity contribution in [1.29, 1.82) is 5.26 Å². The number of carbonyl (C=O) groups excluding carboxylic acids is 1. The van der Waals surface area contributed by atoms with Crippen molar-refractivity contribution in [2.24, 2.45) is 5.92 Å². The first-order chi connectivity index (χ1) is 7.27. The van der Waals surface area contributed by atoms with Gasteiger partial charge in [-0.15, -0.1) is 0 Å². The zero-order chi connectivity index (χ0) is 11.1. The van der Waals surface area contributed by atoms with Crippen LogP contribution in [0.4, 0.5) is 0 Å². The van der Waals surface area contributed by atoms with Gasteiger partial charge in [0.05, 0.1) is 12.6 Å². The normalized spacial score (nSPS) is 11.7. The minimum atomic E-state index is -0.595. The van der Waals surface area contributed by atoms with Gasteiger partial charge in [0.2, 0.25) is 12.3 Å². The van der Waals surface area contributed by atoms with Crippen LogP contribution in [0.1, 0.15) is 25.6 Å². The highest BCUT2D eigenvalue weighted by Crippen LogP contribution is 2.04. The van der Waals surface area contributed by atoms with Gasteiger partial charge in [0, 0.05) is 0 Å². The minimum Gasteiger partial charge on any atom is -0.348 e. The molecule has 1 aromatic heterocycles. The fourth-order valence-corrected chi connectivity index (χ4v) is 1.10. The average Bonchev–Trinajstić information content (AvgIpc) is 2.75. The number of carbonyl (C=O) groups is 1. The number of aromatic nitrogens is 2. The lowest BCUT2D eigenvalue weighted by atomic mass is 10.1. The molecule has 0 aliphatic rings. The van der Waals surface area contributed by atoms with Crippen LogP contribution >= 0.6 is 0 Å². The summed E-state index contributed by atoms with van der Waals surface area (Å²) in [6, 6.07) is 1.96.